The zero-order valence-corrected chi connectivity index (χ0v) is 18.2. The Labute approximate surface area is 181 Å². The average molecular weight is 440 g/mol. The number of hydrogen-bond donors (Lipinski definition) is 1. The summed E-state index contributed by atoms with van der Waals surface area (Å²) in [5, 5.41) is 5.38. The van der Waals surface area contributed by atoms with Gasteiger partial charge in [-0.25, -0.2) is 0 Å². The van der Waals surface area contributed by atoms with Gasteiger partial charge in [-0.2, -0.15) is 0 Å². The van der Waals surface area contributed by atoms with Crippen molar-refractivity contribution in [1.82, 2.24) is 9.80 Å². The fourth-order valence-corrected chi connectivity index (χ4v) is 3.92. The van der Waals surface area contributed by atoms with Crippen LogP contribution in [-0.2, 0) is 6.54 Å². The van der Waals surface area contributed by atoms with Crippen LogP contribution in [0.1, 0.15) is 5.56 Å². The van der Waals surface area contributed by atoms with Gasteiger partial charge in [0.05, 0.1) is 19.9 Å². The van der Waals surface area contributed by atoms with Crippen LogP contribution in [0, 0.1) is 0 Å². The second-order valence-electron chi connectivity index (χ2n) is 6.46. The van der Waals surface area contributed by atoms with Gasteiger partial charge in [0.25, 0.3) is 0 Å². The molecule has 0 unspecified atom stereocenters. The van der Waals surface area contributed by atoms with Gasteiger partial charge in [-0.05, 0) is 36.5 Å². The maximum Gasteiger partial charge on any atom is 0.173 e. The van der Waals surface area contributed by atoms with Crippen LogP contribution in [0.5, 0.6) is 11.5 Å². The highest BCUT2D eigenvalue weighted by Gasteiger charge is 2.21. The number of piperazine rings is 1. The summed E-state index contributed by atoms with van der Waals surface area (Å²) in [6, 6.07) is 11.2. The lowest BCUT2D eigenvalue weighted by molar-refractivity contribution is 0.177. The van der Waals surface area contributed by atoms with E-state index in [1.807, 2.05) is 36.4 Å². The number of anilines is 1. The van der Waals surface area contributed by atoms with E-state index >= 15 is 0 Å². The average Bonchev–Trinajstić information content (AvgIpc) is 2.71. The summed E-state index contributed by atoms with van der Waals surface area (Å²) < 4.78 is 10.7. The third kappa shape index (κ3) is 5.00. The van der Waals surface area contributed by atoms with Gasteiger partial charge in [-0.15, -0.1) is 0 Å². The summed E-state index contributed by atoms with van der Waals surface area (Å²) in [5.74, 6) is 1.42. The van der Waals surface area contributed by atoms with E-state index in [9.17, 15) is 0 Å². The zero-order chi connectivity index (χ0) is 20.1. The molecule has 2 aromatic rings. The van der Waals surface area contributed by atoms with E-state index in [0.717, 1.165) is 49.7 Å². The summed E-state index contributed by atoms with van der Waals surface area (Å²) in [6.45, 7) is 4.14. The van der Waals surface area contributed by atoms with Crippen LogP contribution in [0.2, 0.25) is 10.0 Å². The molecule has 1 aliphatic heterocycles. The number of benzene rings is 2. The summed E-state index contributed by atoms with van der Waals surface area (Å²) >= 11 is 18.2. The Kier molecular flexibility index (Phi) is 7.24. The molecule has 2 aromatic carbocycles. The quantitative estimate of drug-likeness (QED) is 0.689. The minimum Gasteiger partial charge on any atom is -0.497 e. The van der Waals surface area contributed by atoms with Crippen molar-refractivity contribution in [1.29, 1.82) is 0 Å². The molecule has 1 aliphatic rings. The van der Waals surface area contributed by atoms with Crippen LogP contribution < -0.4 is 14.8 Å². The Hall–Kier alpha value is -1.73. The lowest BCUT2D eigenvalue weighted by Crippen LogP contribution is -2.49. The van der Waals surface area contributed by atoms with Gasteiger partial charge in [0.15, 0.2) is 5.11 Å². The Morgan fingerprint density at radius 3 is 2.32 bits per heavy atom. The van der Waals surface area contributed by atoms with Crippen molar-refractivity contribution < 1.29 is 9.47 Å². The molecule has 0 amide bonds. The molecule has 0 saturated carbocycles. The Bertz CT molecular complexity index is 822. The maximum absolute atomic E-state index is 6.30. The third-order valence-electron chi connectivity index (χ3n) is 4.75. The third-order valence-corrected chi connectivity index (χ3v) is 5.82. The monoisotopic (exact) mass is 439 g/mol. The molecule has 1 heterocycles. The molecule has 0 aromatic heterocycles. The van der Waals surface area contributed by atoms with Crippen molar-refractivity contribution in [3.8, 4) is 11.5 Å². The lowest BCUT2D eigenvalue weighted by Gasteiger charge is -2.36. The van der Waals surface area contributed by atoms with Crippen molar-refractivity contribution in [2.45, 2.75) is 6.54 Å². The largest absolute Gasteiger partial charge is 0.497 e. The minimum atomic E-state index is 0.680. The van der Waals surface area contributed by atoms with Gasteiger partial charge in [-0.1, -0.05) is 29.3 Å². The van der Waals surface area contributed by atoms with Crippen molar-refractivity contribution in [3.05, 3.63) is 52.0 Å². The Morgan fingerprint density at radius 1 is 1.04 bits per heavy atom. The van der Waals surface area contributed by atoms with E-state index in [-0.39, 0.29) is 0 Å². The van der Waals surface area contributed by atoms with E-state index in [0.29, 0.717) is 20.9 Å². The molecule has 0 radical (unpaired) electrons. The number of hydrogen-bond acceptors (Lipinski definition) is 4. The molecular formula is C20H23Cl2N3O2S. The predicted molar refractivity (Wildman–Crippen MR) is 119 cm³/mol. The van der Waals surface area contributed by atoms with E-state index < -0.39 is 0 Å². The second kappa shape index (κ2) is 9.65. The summed E-state index contributed by atoms with van der Waals surface area (Å²) in [5.41, 5.74) is 1.79. The molecule has 1 fully saturated rings. The van der Waals surface area contributed by atoms with Crippen LogP contribution in [0.15, 0.2) is 36.4 Å². The normalized spacial score (nSPS) is 14.6. The zero-order valence-electron chi connectivity index (χ0n) is 15.9. The Morgan fingerprint density at radius 2 is 1.71 bits per heavy atom. The molecule has 1 N–H and O–H groups in total. The molecule has 28 heavy (non-hydrogen) atoms. The number of rotatable bonds is 5. The first-order chi connectivity index (χ1) is 13.5. The van der Waals surface area contributed by atoms with Gasteiger partial charge in [0.1, 0.15) is 11.5 Å². The first-order valence-electron chi connectivity index (χ1n) is 8.95. The molecule has 8 heteroatoms. The molecule has 3 rings (SSSR count). The standard InChI is InChI=1S/C20H23Cl2N3O2S/c1-26-14-6-7-18(19(12-14)27-2)23-20(28)25-10-8-24(9-11-25)13-15-16(21)4-3-5-17(15)22/h3-7,12H,8-11,13H2,1-2H3,(H,23,28). The van der Waals surface area contributed by atoms with E-state index in [1.54, 1.807) is 14.2 Å². The SMILES string of the molecule is COc1ccc(NC(=S)N2CCN(Cc3c(Cl)cccc3Cl)CC2)c(OC)c1. The first kappa shape index (κ1) is 21.0. The van der Waals surface area contributed by atoms with Crippen LogP contribution in [0.25, 0.3) is 0 Å². The molecular weight excluding hydrogens is 417 g/mol. The van der Waals surface area contributed by atoms with Crippen LogP contribution in [0.4, 0.5) is 5.69 Å². The van der Waals surface area contributed by atoms with Crippen molar-refractivity contribution in [3.63, 3.8) is 0 Å². The van der Waals surface area contributed by atoms with Crippen molar-refractivity contribution in [2.24, 2.45) is 0 Å². The van der Waals surface area contributed by atoms with E-state index in [2.05, 4.69) is 15.1 Å². The number of thiocarbonyl (C=S) groups is 1. The predicted octanol–water partition coefficient (Wildman–Crippen LogP) is 4.53. The van der Waals surface area contributed by atoms with Gasteiger partial charge in [-0.3, -0.25) is 4.90 Å². The summed E-state index contributed by atoms with van der Waals surface area (Å²) in [4.78, 5) is 4.49. The highest BCUT2D eigenvalue weighted by molar-refractivity contribution is 7.80. The Balaban J connectivity index is 1.57. The van der Waals surface area contributed by atoms with Gasteiger partial charge < -0.3 is 19.7 Å². The molecule has 0 spiro atoms. The molecule has 150 valence electrons. The highest BCUT2D eigenvalue weighted by atomic mass is 35.5. The van der Waals surface area contributed by atoms with Crippen LogP contribution in [-0.4, -0.2) is 55.3 Å². The number of nitrogens with one attached hydrogen (secondary N) is 1. The van der Waals surface area contributed by atoms with E-state index in [1.165, 1.54) is 0 Å². The van der Waals surface area contributed by atoms with E-state index in [4.69, 9.17) is 44.9 Å². The fraction of sp³-hybridized carbons (Fsp3) is 0.350. The minimum absolute atomic E-state index is 0.680. The fourth-order valence-electron chi connectivity index (χ4n) is 3.11. The van der Waals surface area contributed by atoms with Crippen LogP contribution >= 0.6 is 35.4 Å². The number of nitrogens with zero attached hydrogens (tertiary/aromatic N) is 2. The molecule has 0 bridgehead atoms. The first-order valence-corrected chi connectivity index (χ1v) is 10.1. The molecule has 1 saturated heterocycles. The van der Waals surface area contributed by atoms with Gasteiger partial charge in [0.2, 0.25) is 0 Å². The molecule has 5 nitrogen and oxygen atoms in total. The van der Waals surface area contributed by atoms with Crippen molar-refractivity contribution >= 4 is 46.2 Å². The topological polar surface area (TPSA) is 37.0 Å². The van der Waals surface area contributed by atoms with Gasteiger partial charge in [0, 0.05) is 54.4 Å². The molecule has 0 aliphatic carbocycles. The maximum atomic E-state index is 6.30. The lowest BCUT2D eigenvalue weighted by atomic mass is 10.2. The highest BCUT2D eigenvalue weighted by Crippen LogP contribution is 2.29. The number of ether oxygens (including phenoxy) is 2. The van der Waals surface area contributed by atoms with Crippen LogP contribution in [0.3, 0.4) is 0 Å². The van der Waals surface area contributed by atoms with Crippen molar-refractivity contribution in [2.75, 3.05) is 45.7 Å². The summed E-state index contributed by atoms with van der Waals surface area (Å²) in [6.07, 6.45) is 0. The second-order valence-corrected chi connectivity index (χ2v) is 7.66. The summed E-state index contributed by atoms with van der Waals surface area (Å²) in [7, 11) is 3.25. The number of halogens is 2. The smallest absolute Gasteiger partial charge is 0.173 e. The van der Waals surface area contributed by atoms with Gasteiger partial charge >= 0.3 is 0 Å². The molecule has 0 atom stereocenters. The number of methoxy groups -OCH3 is 2.